The summed E-state index contributed by atoms with van der Waals surface area (Å²) < 4.78 is 0. The van der Waals surface area contributed by atoms with E-state index >= 15 is 0 Å². The second-order valence-corrected chi connectivity index (χ2v) is 1.94. The molecular formula is C4H7N5O2. The molecule has 7 nitrogen and oxygen atoms in total. The quantitative estimate of drug-likeness (QED) is 0.529. The van der Waals surface area contributed by atoms with Crippen LogP contribution in [0.15, 0.2) is 6.33 Å². The molecule has 11 heavy (non-hydrogen) atoms. The Morgan fingerprint density at radius 2 is 2.55 bits per heavy atom. The highest BCUT2D eigenvalue weighted by Crippen LogP contribution is 1.82. The number of aliphatic carboxylic acids is 1. The first-order chi connectivity index (χ1) is 5.20. The average Bonchev–Trinajstić information content (AvgIpc) is 2.39. The Kier molecular flexibility index (Phi) is 2.12. The lowest BCUT2D eigenvalue weighted by Crippen LogP contribution is -2.35. The van der Waals surface area contributed by atoms with E-state index < -0.39 is 12.0 Å². The van der Waals surface area contributed by atoms with Crippen LogP contribution in [0.1, 0.15) is 0 Å². The van der Waals surface area contributed by atoms with Crippen LogP contribution in [0.4, 0.5) is 0 Å². The molecule has 0 saturated carbocycles. The smallest absolute Gasteiger partial charge is 0.322 e. The number of hydrogen-bond acceptors (Lipinski definition) is 5. The van der Waals surface area contributed by atoms with Crippen molar-refractivity contribution in [1.82, 2.24) is 20.2 Å². The van der Waals surface area contributed by atoms with Crippen molar-refractivity contribution in [3.8, 4) is 0 Å². The van der Waals surface area contributed by atoms with Crippen LogP contribution in [0.3, 0.4) is 0 Å². The molecular weight excluding hydrogens is 150 g/mol. The minimum atomic E-state index is -1.08. The first-order valence-corrected chi connectivity index (χ1v) is 2.89. The van der Waals surface area contributed by atoms with Gasteiger partial charge in [-0.1, -0.05) is 0 Å². The van der Waals surface area contributed by atoms with Crippen molar-refractivity contribution in [3.63, 3.8) is 0 Å². The van der Waals surface area contributed by atoms with Crippen LogP contribution in [0, 0.1) is 0 Å². The molecule has 1 atom stereocenters. The Hall–Kier alpha value is -1.50. The first kappa shape index (κ1) is 7.61. The Labute approximate surface area is 61.8 Å². The summed E-state index contributed by atoms with van der Waals surface area (Å²) in [6.07, 6.45) is 1.22. The molecule has 0 aliphatic carbocycles. The molecule has 1 rings (SSSR count). The van der Waals surface area contributed by atoms with Gasteiger partial charge in [-0.25, -0.2) is 0 Å². The van der Waals surface area contributed by atoms with Crippen LogP contribution in [0.2, 0.25) is 0 Å². The summed E-state index contributed by atoms with van der Waals surface area (Å²) in [5.74, 6) is -1.08. The van der Waals surface area contributed by atoms with Gasteiger partial charge in [0.1, 0.15) is 6.04 Å². The van der Waals surface area contributed by atoms with E-state index in [0.717, 1.165) is 4.80 Å². The molecule has 0 aliphatic heterocycles. The third-order valence-corrected chi connectivity index (χ3v) is 1.07. The fraction of sp³-hybridized carbons (Fsp3) is 0.500. The minimum absolute atomic E-state index is 0.0370. The summed E-state index contributed by atoms with van der Waals surface area (Å²) in [7, 11) is 0. The Morgan fingerprint density at radius 1 is 1.82 bits per heavy atom. The number of carbonyl (C=O) groups is 1. The van der Waals surface area contributed by atoms with E-state index in [1.54, 1.807) is 0 Å². The van der Waals surface area contributed by atoms with Crippen LogP contribution in [0.5, 0.6) is 0 Å². The standard InChI is InChI=1S/C4H7N5O2/c5-3(4(10)11)1-9-7-2-6-8-9/h2-3H,1,5H2,(H,10,11)/t3-/m1/s1. The first-order valence-electron chi connectivity index (χ1n) is 2.89. The van der Waals surface area contributed by atoms with Crippen LogP contribution in [0.25, 0.3) is 0 Å². The topological polar surface area (TPSA) is 107 Å². The molecule has 3 N–H and O–H groups in total. The monoisotopic (exact) mass is 157 g/mol. The summed E-state index contributed by atoms with van der Waals surface area (Å²) in [5, 5.41) is 18.8. The highest BCUT2D eigenvalue weighted by Gasteiger charge is 2.12. The van der Waals surface area contributed by atoms with Gasteiger partial charge in [-0.05, 0) is 5.21 Å². The molecule has 7 heteroatoms. The van der Waals surface area contributed by atoms with E-state index in [9.17, 15) is 4.79 Å². The minimum Gasteiger partial charge on any atom is -0.480 e. The van der Waals surface area contributed by atoms with Gasteiger partial charge in [-0.15, -0.1) is 10.2 Å². The summed E-state index contributed by atoms with van der Waals surface area (Å²) in [6.45, 7) is 0.0370. The fourth-order valence-corrected chi connectivity index (χ4v) is 0.526. The molecule has 0 spiro atoms. The molecule has 0 unspecified atom stereocenters. The van der Waals surface area contributed by atoms with Crippen molar-refractivity contribution in [2.45, 2.75) is 12.6 Å². The Balaban J connectivity index is 2.50. The second kappa shape index (κ2) is 3.06. The number of nitrogens with zero attached hydrogens (tertiary/aromatic N) is 4. The lowest BCUT2D eigenvalue weighted by molar-refractivity contribution is -0.139. The van der Waals surface area contributed by atoms with Crippen molar-refractivity contribution in [3.05, 3.63) is 6.33 Å². The largest absolute Gasteiger partial charge is 0.480 e. The van der Waals surface area contributed by atoms with Gasteiger partial charge in [0.25, 0.3) is 0 Å². The third-order valence-electron chi connectivity index (χ3n) is 1.07. The molecule has 0 amide bonds. The van der Waals surface area contributed by atoms with Crippen molar-refractivity contribution >= 4 is 5.97 Å². The number of nitrogens with two attached hydrogens (primary N) is 1. The number of rotatable bonds is 3. The number of hydrogen-bond donors (Lipinski definition) is 2. The molecule has 1 heterocycles. The van der Waals surface area contributed by atoms with Crippen LogP contribution in [-0.2, 0) is 11.3 Å². The SMILES string of the molecule is N[C@H](Cn1ncnn1)C(=O)O. The van der Waals surface area contributed by atoms with Crippen molar-refractivity contribution in [1.29, 1.82) is 0 Å². The highest BCUT2D eigenvalue weighted by atomic mass is 16.4. The lowest BCUT2D eigenvalue weighted by Gasteiger charge is -2.02. The van der Waals surface area contributed by atoms with Crippen LogP contribution < -0.4 is 5.73 Å². The predicted molar refractivity (Wildman–Crippen MR) is 33.4 cm³/mol. The van der Waals surface area contributed by atoms with Gasteiger partial charge < -0.3 is 10.8 Å². The Morgan fingerprint density at radius 3 is 3.00 bits per heavy atom. The third kappa shape index (κ3) is 1.97. The summed E-state index contributed by atoms with van der Waals surface area (Å²) in [5.41, 5.74) is 5.18. The summed E-state index contributed by atoms with van der Waals surface area (Å²) in [4.78, 5) is 11.3. The van der Waals surface area contributed by atoms with Crippen molar-refractivity contribution in [2.24, 2.45) is 5.73 Å². The molecule has 1 aromatic rings. The van der Waals surface area contributed by atoms with Crippen LogP contribution >= 0.6 is 0 Å². The molecule has 1 aromatic heterocycles. The fourth-order valence-electron chi connectivity index (χ4n) is 0.526. The van der Waals surface area contributed by atoms with Gasteiger partial charge in [0.15, 0.2) is 6.33 Å². The van der Waals surface area contributed by atoms with Gasteiger partial charge >= 0.3 is 5.97 Å². The molecule has 0 bridgehead atoms. The van der Waals surface area contributed by atoms with E-state index in [2.05, 4.69) is 15.4 Å². The molecule has 0 saturated heterocycles. The van der Waals surface area contributed by atoms with E-state index in [4.69, 9.17) is 10.8 Å². The Bertz CT molecular complexity index is 233. The van der Waals surface area contributed by atoms with E-state index in [1.165, 1.54) is 6.33 Å². The summed E-state index contributed by atoms with van der Waals surface area (Å²) in [6, 6.07) is -0.982. The molecule has 0 radical (unpaired) electrons. The zero-order valence-corrected chi connectivity index (χ0v) is 5.58. The highest BCUT2D eigenvalue weighted by molar-refractivity contribution is 5.72. The molecule has 0 aromatic carbocycles. The number of carboxylic acids is 1. The molecule has 0 aliphatic rings. The average molecular weight is 157 g/mol. The van der Waals surface area contributed by atoms with Gasteiger partial charge in [0, 0.05) is 0 Å². The van der Waals surface area contributed by atoms with Crippen molar-refractivity contribution < 1.29 is 9.90 Å². The molecule has 0 fully saturated rings. The number of aromatic nitrogens is 4. The number of carboxylic acid groups (broad SMARTS) is 1. The van der Waals surface area contributed by atoms with Gasteiger partial charge in [-0.2, -0.15) is 4.80 Å². The van der Waals surface area contributed by atoms with E-state index in [0.29, 0.717) is 0 Å². The summed E-state index contributed by atoms with van der Waals surface area (Å²) >= 11 is 0. The normalized spacial score (nSPS) is 12.8. The lowest BCUT2D eigenvalue weighted by atomic mass is 10.3. The molecule has 60 valence electrons. The van der Waals surface area contributed by atoms with Crippen LogP contribution in [-0.4, -0.2) is 37.3 Å². The van der Waals surface area contributed by atoms with Crippen molar-refractivity contribution in [2.75, 3.05) is 0 Å². The zero-order chi connectivity index (χ0) is 8.27. The predicted octanol–water partition coefficient (Wildman–Crippen LogP) is -1.92. The van der Waals surface area contributed by atoms with Gasteiger partial charge in [0.2, 0.25) is 0 Å². The zero-order valence-electron chi connectivity index (χ0n) is 5.58. The van der Waals surface area contributed by atoms with E-state index in [1.807, 2.05) is 0 Å². The van der Waals surface area contributed by atoms with Gasteiger partial charge in [-0.3, -0.25) is 4.79 Å². The second-order valence-electron chi connectivity index (χ2n) is 1.94. The van der Waals surface area contributed by atoms with E-state index in [-0.39, 0.29) is 6.54 Å². The maximum absolute atomic E-state index is 10.2. The van der Waals surface area contributed by atoms with Gasteiger partial charge in [0.05, 0.1) is 6.54 Å². The number of tetrazole rings is 1. The maximum atomic E-state index is 10.2. The maximum Gasteiger partial charge on any atom is 0.322 e.